The van der Waals surface area contributed by atoms with E-state index >= 15 is 0 Å². The smallest absolute Gasteiger partial charge is 0.291 e. The van der Waals surface area contributed by atoms with Gasteiger partial charge >= 0.3 is 0 Å². The molecule has 27 heavy (non-hydrogen) atoms. The zero-order valence-corrected chi connectivity index (χ0v) is 16.2. The third-order valence-electron chi connectivity index (χ3n) is 4.22. The Balaban J connectivity index is 2.06. The van der Waals surface area contributed by atoms with E-state index in [1.807, 2.05) is 44.2 Å². The van der Waals surface area contributed by atoms with Gasteiger partial charge in [-0.15, -0.1) is 5.10 Å². The van der Waals surface area contributed by atoms with E-state index in [1.165, 1.54) is 5.56 Å². The van der Waals surface area contributed by atoms with Gasteiger partial charge in [-0.1, -0.05) is 29.8 Å². The number of carbonyl (C=O) groups excluding carboxylic acids is 1. The van der Waals surface area contributed by atoms with Gasteiger partial charge in [0.25, 0.3) is 5.91 Å². The van der Waals surface area contributed by atoms with Crippen molar-refractivity contribution in [3.63, 3.8) is 0 Å². The lowest BCUT2D eigenvalue weighted by atomic mass is 10.1. The van der Waals surface area contributed by atoms with Crippen molar-refractivity contribution in [2.75, 3.05) is 20.3 Å². The number of benzene rings is 2. The number of hydrogen-bond donors (Lipinski definition) is 1. The molecule has 0 unspecified atom stereocenters. The number of ether oxygens (including phenoxy) is 1. The number of aryl methyl sites for hydroxylation is 2. The maximum absolute atomic E-state index is 12.4. The number of rotatable bonds is 6. The van der Waals surface area contributed by atoms with Crippen LogP contribution in [0.2, 0.25) is 5.02 Å². The van der Waals surface area contributed by atoms with Crippen molar-refractivity contribution in [3.8, 4) is 17.1 Å². The normalized spacial score (nSPS) is 10.8. The van der Waals surface area contributed by atoms with E-state index in [2.05, 4.69) is 15.4 Å². The minimum Gasteiger partial charge on any atom is -0.383 e. The van der Waals surface area contributed by atoms with Crippen LogP contribution in [0, 0.1) is 13.8 Å². The highest BCUT2D eigenvalue weighted by molar-refractivity contribution is 6.30. The van der Waals surface area contributed by atoms with Gasteiger partial charge in [0.05, 0.1) is 12.3 Å². The quantitative estimate of drug-likeness (QED) is 0.659. The van der Waals surface area contributed by atoms with Crippen LogP contribution in [0.15, 0.2) is 42.5 Å². The molecule has 1 aromatic heterocycles. The maximum Gasteiger partial charge on any atom is 0.291 e. The molecule has 3 aromatic rings. The molecule has 1 heterocycles. The second-order valence-corrected chi connectivity index (χ2v) is 6.63. The van der Waals surface area contributed by atoms with Gasteiger partial charge in [-0.2, -0.15) is 0 Å². The van der Waals surface area contributed by atoms with Crippen LogP contribution >= 0.6 is 11.6 Å². The lowest BCUT2D eigenvalue weighted by Crippen LogP contribution is -2.28. The molecule has 140 valence electrons. The number of carbonyl (C=O) groups is 1. The zero-order chi connectivity index (χ0) is 19.4. The molecule has 0 aliphatic carbocycles. The van der Waals surface area contributed by atoms with Crippen molar-refractivity contribution in [2.24, 2.45) is 0 Å². The number of amides is 1. The fraction of sp³-hybridized carbons (Fsp3) is 0.250. The Bertz CT molecular complexity index is 968. The molecule has 0 saturated heterocycles. The molecule has 0 spiro atoms. The lowest BCUT2D eigenvalue weighted by molar-refractivity contribution is 0.0927. The van der Waals surface area contributed by atoms with E-state index in [0.29, 0.717) is 24.0 Å². The molecule has 0 aliphatic heterocycles. The standard InChI is InChI=1S/C20H21ClN4O2/c1-13-7-8-17(11-14(13)2)25-19(15-5-4-6-16(21)12-15)23-18(24-25)20(26)22-9-10-27-3/h4-8,11-12H,9-10H2,1-3H3,(H,22,26). The van der Waals surface area contributed by atoms with Crippen LogP contribution in [0.1, 0.15) is 21.7 Å². The summed E-state index contributed by atoms with van der Waals surface area (Å²) in [5.74, 6) is 0.301. The van der Waals surface area contributed by atoms with Gasteiger partial charge < -0.3 is 10.1 Å². The van der Waals surface area contributed by atoms with E-state index in [4.69, 9.17) is 16.3 Å². The number of hydrogen-bond acceptors (Lipinski definition) is 4. The fourth-order valence-electron chi connectivity index (χ4n) is 2.61. The van der Waals surface area contributed by atoms with Gasteiger partial charge in [-0.25, -0.2) is 9.67 Å². The second kappa shape index (κ2) is 8.33. The Kier molecular flexibility index (Phi) is 5.88. The van der Waals surface area contributed by atoms with Crippen molar-refractivity contribution in [1.29, 1.82) is 0 Å². The molecule has 7 heteroatoms. The Morgan fingerprint density at radius 2 is 2.00 bits per heavy atom. The molecule has 0 bridgehead atoms. The summed E-state index contributed by atoms with van der Waals surface area (Å²) in [5.41, 5.74) is 3.92. The summed E-state index contributed by atoms with van der Waals surface area (Å²) in [5, 5.41) is 7.78. The van der Waals surface area contributed by atoms with Crippen LogP contribution in [-0.4, -0.2) is 40.9 Å². The molecule has 3 rings (SSSR count). The van der Waals surface area contributed by atoms with Crippen LogP contribution in [0.5, 0.6) is 0 Å². The molecule has 0 saturated carbocycles. The summed E-state index contributed by atoms with van der Waals surface area (Å²) in [4.78, 5) is 16.9. The highest BCUT2D eigenvalue weighted by Crippen LogP contribution is 2.25. The molecule has 6 nitrogen and oxygen atoms in total. The van der Waals surface area contributed by atoms with Crippen molar-refractivity contribution in [3.05, 3.63) is 64.4 Å². The molecule has 2 aromatic carbocycles. The van der Waals surface area contributed by atoms with Gasteiger partial charge in [0.1, 0.15) is 0 Å². The predicted molar refractivity (Wildman–Crippen MR) is 105 cm³/mol. The Labute approximate surface area is 163 Å². The molecule has 0 atom stereocenters. The molecule has 0 aliphatic rings. The predicted octanol–water partition coefficient (Wildman–Crippen LogP) is 3.58. The number of halogens is 1. The SMILES string of the molecule is COCCNC(=O)c1nc(-c2cccc(Cl)c2)n(-c2ccc(C)c(C)c2)n1. The monoisotopic (exact) mass is 384 g/mol. The third kappa shape index (κ3) is 4.35. The summed E-state index contributed by atoms with van der Waals surface area (Å²) in [7, 11) is 1.58. The molecule has 1 N–H and O–H groups in total. The average molecular weight is 385 g/mol. The highest BCUT2D eigenvalue weighted by Gasteiger charge is 2.19. The van der Waals surface area contributed by atoms with Crippen LogP contribution in [0.3, 0.4) is 0 Å². The Morgan fingerprint density at radius 3 is 2.70 bits per heavy atom. The first-order chi connectivity index (χ1) is 13.0. The lowest BCUT2D eigenvalue weighted by Gasteiger charge is -2.08. The van der Waals surface area contributed by atoms with Crippen molar-refractivity contribution < 1.29 is 9.53 Å². The van der Waals surface area contributed by atoms with E-state index in [9.17, 15) is 4.79 Å². The van der Waals surface area contributed by atoms with Crippen molar-refractivity contribution in [1.82, 2.24) is 20.1 Å². The fourth-order valence-corrected chi connectivity index (χ4v) is 2.80. The highest BCUT2D eigenvalue weighted by atomic mass is 35.5. The summed E-state index contributed by atoms with van der Waals surface area (Å²) < 4.78 is 6.63. The van der Waals surface area contributed by atoms with Crippen LogP contribution in [0.4, 0.5) is 0 Å². The van der Waals surface area contributed by atoms with Gasteiger partial charge in [-0.3, -0.25) is 4.79 Å². The second-order valence-electron chi connectivity index (χ2n) is 6.20. The van der Waals surface area contributed by atoms with Crippen LogP contribution < -0.4 is 5.32 Å². The molecular weight excluding hydrogens is 364 g/mol. The number of nitrogens with one attached hydrogen (secondary N) is 1. The molecular formula is C20H21ClN4O2. The van der Waals surface area contributed by atoms with E-state index < -0.39 is 0 Å². The van der Waals surface area contributed by atoms with Crippen molar-refractivity contribution >= 4 is 17.5 Å². The Hall–Kier alpha value is -2.70. The van der Waals surface area contributed by atoms with Gasteiger partial charge in [0.2, 0.25) is 5.82 Å². The van der Waals surface area contributed by atoms with Gasteiger partial charge in [0, 0.05) is 24.2 Å². The number of nitrogens with zero attached hydrogens (tertiary/aromatic N) is 3. The minimum atomic E-state index is -0.349. The molecule has 1 amide bonds. The third-order valence-corrected chi connectivity index (χ3v) is 4.45. The van der Waals surface area contributed by atoms with Gasteiger partial charge in [0.15, 0.2) is 5.82 Å². The topological polar surface area (TPSA) is 69.0 Å². The van der Waals surface area contributed by atoms with Crippen LogP contribution in [-0.2, 0) is 4.74 Å². The molecule has 0 radical (unpaired) electrons. The number of aromatic nitrogens is 3. The summed E-state index contributed by atoms with van der Waals surface area (Å²) in [6.45, 7) is 4.89. The zero-order valence-electron chi connectivity index (χ0n) is 15.5. The van der Waals surface area contributed by atoms with Crippen molar-refractivity contribution in [2.45, 2.75) is 13.8 Å². The summed E-state index contributed by atoms with van der Waals surface area (Å²) in [6.07, 6.45) is 0. The van der Waals surface area contributed by atoms with Crippen LogP contribution in [0.25, 0.3) is 17.1 Å². The largest absolute Gasteiger partial charge is 0.383 e. The summed E-state index contributed by atoms with van der Waals surface area (Å²) in [6, 6.07) is 13.3. The van der Waals surface area contributed by atoms with E-state index in [-0.39, 0.29) is 11.7 Å². The minimum absolute atomic E-state index is 0.0966. The first-order valence-corrected chi connectivity index (χ1v) is 8.95. The van der Waals surface area contributed by atoms with E-state index in [1.54, 1.807) is 23.9 Å². The van der Waals surface area contributed by atoms with E-state index in [0.717, 1.165) is 16.8 Å². The van der Waals surface area contributed by atoms with Gasteiger partial charge in [-0.05, 0) is 49.2 Å². The number of methoxy groups -OCH3 is 1. The molecule has 0 fully saturated rings. The summed E-state index contributed by atoms with van der Waals surface area (Å²) >= 11 is 6.14. The first-order valence-electron chi connectivity index (χ1n) is 8.57. The average Bonchev–Trinajstić information content (AvgIpc) is 3.10. The first kappa shape index (κ1) is 19.1. The maximum atomic E-state index is 12.4. The Morgan fingerprint density at radius 1 is 1.19 bits per heavy atom.